The first-order valence-electron chi connectivity index (χ1n) is 5.80. The normalized spacial score (nSPS) is 10.1. The zero-order valence-corrected chi connectivity index (χ0v) is 10.8. The van der Waals surface area contributed by atoms with E-state index in [0.717, 1.165) is 11.1 Å². The molecule has 0 radical (unpaired) electrons. The number of ether oxygens (including phenoxy) is 1. The Labute approximate surface area is 107 Å². The number of phenolic OH excluding ortho intramolecular Hbond substituents is 1. The fourth-order valence-electron chi connectivity index (χ4n) is 1.48. The summed E-state index contributed by atoms with van der Waals surface area (Å²) in [5.41, 5.74) is 2.26. The van der Waals surface area contributed by atoms with E-state index in [-0.39, 0.29) is 11.7 Å². The number of aromatic hydroxyl groups is 1. The lowest BCUT2D eigenvalue weighted by molar-refractivity contribution is 0.0926. The highest BCUT2D eigenvalue weighted by molar-refractivity contribution is 5.95. The van der Waals surface area contributed by atoms with Crippen molar-refractivity contribution >= 4 is 5.91 Å². The van der Waals surface area contributed by atoms with Crippen LogP contribution in [0, 0.1) is 6.92 Å². The molecule has 98 valence electrons. The Kier molecular flexibility index (Phi) is 5.39. The zero-order valence-electron chi connectivity index (χ0n) is 10.8. The van der Waals surface area contributed by atoms with Crippen LogP contribution in [0.15, 0.2) is 30.4 Å². The molecule has 1 aromatic carbocycles. The summed E-state index contributed by atoms with van der Waals surface area (Å²) in [6.07, 6.45) is 0. The Morgan fingerprint density at radius 1 is 1.50 bits per heavy atom. The van der Waals surface area contributed by atoms with E-state index >= 15 is 0 Å². The molecule has 0 unspecified atom stereocenters. The predicted molar refractivity (Wildman–Crippen MR) is 70.8 cm³/mol. The number of rotatable bonds is 6. The van der Waals surface area contributed by atoms with Crippen LogP contribution in [0.1, 0.15) is 22.8 Å². The van der Waals surface area contributed by atoms with Gasteiger partial charge in [0.15, 0.2) is 0 Å². The van der Waals surface area contributed by atoms with Gasteiger partial charge in [-0.05, 0) is 37.6 Å². The molecule has 1 amide bonds. The second kappa shape index (κ2) is 6.81. The average molecular weight is 249 g/mol. The molecule has 1 rings (SSSR count). The molecule has 18 heavy (non-hydrogen) atoms. The summed E-state index contributed by atoms with van der Waals surface area (Å²) in [6.45, 7) is 8.80. The highest BCUT2D eigenvalue weighted by Crippen LogP contribution is 2.15. The van der Waals surface area contributed by atoms with Gasteiger partial charge in [-0.1, -0.05) is 12.2 Å². The summed E-state index contributed by atoms with van der Waals surface area (Å²) in [6, 6.07) is 4.67. The minimum Gasteiger partial charge on any atom is -0.508 e. The van der Waals surface area contributed by atoms with Gasteiger partial charge in [0, 0.05) is 12.1 Å². The molecule has 0 atom stereocenters. The van der Waals surface area contributed by atoms with Crippen molar-refractivity contribution in [1.82, 2.24) is 5.32 Å². The van der Waals surface area contributed by atoms with Crippen LogP contribution in [0.25, 0.3) is 0 Å². The second-order valence-electron chi connectivity index (χ2n) is 4.26. The van der Waals surface area contributed by atoms with Crippen molar-refractivity contribution in [2.75, 3.05) is 19.8 Å². The van der Waals surface area contributed by atoms with E-state index < -0.39 is 0 Å². The Balaban J connectivity index is 2.39. The molecule has 0 heterocycles. The summed E-state index contributed by atoms with van der Waals surface area (Å²) in [5, 5.41) is 12.0. The van der Waals surface area contributed by atoms with E-state index in [2.05, 4.69) is 11.9 Å². The number of phenols is 1. The first kappa shape index (κ1) is 14.3. The van der Waals surface area contributed by atoms with Gasteiger partial charge in [0.25, 0.3) is 5.91 Å². The molecule has 0 bridgehead atoms. The van der Waals surface area contributed by atoms with Crippen molar-refractivity contribution in [2.45, 2.75) is 13.8 Å². The molecule has 4 nitrogen and oxygen atoms in total. The summed E-state index contributed by atoms with van der Waals surface area (Å²) in [5.74, 6) is 0.000247. The van der Waals surface area contributed by atoms with Crippen molar-refractivity contribution in [3.05, 3.63) is 41.5 Å². The van der Waals surface area contributed by atoms with Gasteiger partial charge >= 0.3 is 0 Å². The third kappa shape index (κ3) is 4.59. The van der Waals surface area contributed by atoms with Crippen LogP contribution in [-0.2, 0) is 4.74 Å². The van der Waals surface area contributed by atoms with Crippen LogP contribution in [0.3, 0.4) is 0 Å². The van der Waals surface area contributed by atoms with Crippen molar-refractivity contribution in [1.29, 1.82) is 0 Å². The van der Waals surface area contributed by atoms with Crippen molar-refractivity contribution in [3.8, 4) is 5.75 Å². The lowest BCUT2D eigenvalue weighted by Crippen LogP contribution is -2.27. The SMILES string of the molecule is C=C(C)COCCNC(=O)c1ccc(O)cc1C. The van der Waals surface area contributed by atoms with Crippen LogP contribution in [-0.4, -0.2) is 30.8 Å². The monoisotopic (exact) mass is 249 g/mol. The maximum absolute atomic E-state index is 11.8. The smallest absolute Gasteiger partial charge is 0.251 e. The van der Waals surface area contributed by atoms with Crippen molar-refractivity contribution < 1.29 is 14.6 Å². The molecule has 4 heteroatoms. The standard InChI is InChI=1S/C14H19NO3/c1-10(2)9-18-7-6-15-14(17)13-5-4-12(16)8-11(13)3/h4-5,8,16H,1,6-7,9H2,2-3H3,(H,15,17). The van der Waals surface area contributed by atoms with E-state index in [0.29, 0.717) is 25.3 Å². The molecule has 0 aromatic heterocycles. The first-order chi connectivity index (χ1) is 8.50. The van der Waals surface area contributed by atoms with Gasteiger partial charge < -0.3 is 15.2 Å². The molecule has 1 aromatic rings. The van der Waals surface area contributed by atoms with E-state index in [4.69, 9.17) is 4.74 Å². The van der Waals surface area contributed by atoms with Crippen LogP contribution >= 0.6 is 0 Å². The Hall–Kier alpha value is -1.81. The predicted octanol–water partition coefficient (Wildman–Crippen LogP) is 2.02. The fraction of sp³-hybridized carbons (Fsp3) is 0.357. The third-order valence-electron chi connectivity index (χ3n) is 2.34. The number of amides is 1. The number of carbonyl (C=O) groups excluding carboxylic acids is 1. The molecular formula is C14H19NO3. The zero-order chi connectivity index (χ0) is 13.5. The lowest BCUT2D eigenvalue weighted by atomic mass is 10.1. The van der Waals surface area contributed by atoms with Gasteiger partial charge in [-0.15, -0.1) is 0 Å². The molecular weight excluding hydrogens is 230 g/mol. The molecule has 0 aliphatic rings. The largest absolute Gasteiger partial charge is 0.508 e. The summed E-state index contributed by atoms with van der Waals surface area (Å²) < 4.78 is 5.28. The van der Waals surface area contributed by atoms with Crippen LogP contribution < -0.4 is 5.32 Å². The molecule has 2 N–H and O–H groups in total. The molecule has 0 spiro atoms. The number of aryl methyl sites for hydroxylation is 1. The van der Waals surface area contributed by atoms with Gasteiger partial charge in [0.1, 0.15) is 5.75 Å². The summed E-state index contributed by atoms with van der Waals surface area (Å²) >= 11 is 0. The number of hydrogen-bond acceptors (Lipinski definition) is 3. The van der Waals surface area contributed by atoms with Crippen LogP contribution in [0.5, 0.6) is 5.75 Å². The quantitative estimate of drug-likeness (QED) is 0.599. The maximum atomic E-state index is 11.8. The number of benzene rings is 1. The van der Waals surface area contributed by atoms with E-state index in [9.17, 15) is 9.90 Å². The topological polar surface area (TPSA) is 58.6 Å². The average Bonchev–Trinajstić information content (AvgIpc) is 2.27. The first-order valence-corrected chi connectivity index (χ1v) is 5.80. The number of hydrogen-bond donors (Lipinski definition) is 2. The number of carbonyl (C=O) groups is 1. The minimum absolute atomic E-state index is 0.161. The Bertz CT molecular complexity index is 441. The molecule has 0 saturated carbocycles. The van der Waals surface area contributed by atoms with Gasteiger partial charge in [0.05, 0.1) is 13.2 Å². The van der Waals surface area contributed by atoms with Gasteiger partial charge in [-0.25, -0.2) is 0 Å². The van der Waals surface area contributed by atoms with Crippen LogP contribution in [0.2, 0.25) is 0 Å². The van der Waals surface area contributed by atoms with Gasteiger partial charge in [0.2, 0.25) is 0 Å². The van der Waals surface area contributed by atoms with Gasteiger partial charge in [-0.2, -0.15) is 0 Å². The Morgan fingerprint density at radius 2 is 2.22 bits per heavy atom. The Morgan fingerprint density at radius 3 is 2.83 bits per heavy atom. The summed E-state index contributed by atoms with van der Waals surface area (Å²) in [4.78, 5) is 11.8. The highest BCUT2D eigenvalue weighted by Gasteiger charge is 2.08. The van der Waals surface area contributed by atoms with Crippen molar-refractivity contribution in [2.24, 2.45) is 0 Å². The third-order valence-corrected chi connectivity index (χ3v) is 2.34. The fourth-order valence-corrected chi connectivity index (χ4v) is 1.48. The molecule has 0 aliphatic carbocycles. The van der Waals surface area contributed by atoms with Crippen molar-refractivity contribution in [3.63, 3.8) is 0 Å². The van der Waals surface area contributed by atoms with E-state index in [1.54, 1.807) is 19.1 Å². The minimum atomic E-state index is -0.161. The molecule has 0 fully saturated rings. The van der Waals surface area contributed by atoms with E-state index in [1.165, 1.54) is 6.07 Å². The summed E-state index contributed by atoms with van der Waals surface area (Å²) in [7, 11) is 0. The lowest BCUT2D eigenvalue weighted by Gasteiger charge is -2.08. The second-order valence-corrected chi connectivity index (χ2v) is 4.26. The highest BCUT2D eigenvalue weighted by atomic mass is 16.5. The molecule has 0 aliphatic heterocycles. The maximum Gasteiger partial charge on any atom is 0.251 e. The van der Waals surface area contributed by atoms with E-state index in [1.807, 2.05) is 6.92 Å². The molecule has 0 saturated heterocycles. The van der Waals surface area contributed by atoms with Crippen LogP contribution in [0.4, 0.5) is 0 Å². The number of nitrogens with one attached hydrogen (secondary N) is 1. The van der Waals surface area contributed by atoms with Gasteiger partial charge in [-0.3, -0.25) is 4.79 Å².